The number of nitriles is 1. The van der Waals surface area contributed by atoms with Crippen LogP contribution in [0.25, 0.3) is 133 Å². The Hall–Kier alpha value is -9.82. The monoisotopic (exact) mass is 914 g/mol. The summed E-state index contributed by atoms with van der Waals surface area (Å²) in [6, 6.07) is 91.7. The van der Waals surface area contributed by atoms with Gasteiger partial charge in [-0.3, -0.25) is 0 Å². The molecule has 0 unspecified atom stereocenters. The average Bonchev–Trinajstić information content (AvgIpc) is 3.47. The molecule has 0 saturated heterocycles. The van der Waals surface area contributed by atoms with Gasteiger partial charge in [-0.15, -0.1) is 0 Å². The van der Waals surface area contributed by atoms with E-state index in [0.29, 0.717) is 23.0 Å². The van der Waals surface area contributed by atoms with Crippen molar-refractivity contribution in [1.82, 2.24) is 15.0 Å². The summed E-state index contributed by atoms with van der Waals surface area (Å²) in [5, 5.41) is 20.8. The zero-order chi connectivity index (χ0) is 48.0. The Labute approximate surface area is 417 Å². The molecule has 13 aromatic rings. The normalized spacial score (nSPS) is 11.3. The van der Waals surface area contributed by atoms with E-state index in [0.717, 1.165) is 66.8 Å². The van der Waals surface area contributed by atoms with Crippen LogP contribution in [0.4, 0.5) is 0 Å². The first-order valence-corrected chi connectivity index (χ1v) is 24.2. The summed E-state index contributed by atoms with van der Waals surface area (Å²) in [5.74, 6) is 1.73. The largest absolute Gasteiger partial charge is 0.208 e. The number of aromatic nitrogens is 3. The van der Waals surface area contributed by atoms with Crippen molar-refractivity contribution in [1.29, 1.82) is 5.26 Å². The smallest absolute Gasteiger partial charge is 0.164 e. The molecule has 0 fully saturated rings. The molecule has 0 amide bonds. The van der Waals surface area contributed by atoms with Crippen molar-refractivity contribution in [3.8, 4) is 95.9 Å². The lowest BCUT2D eigenvalue weighted by Crippen LogP contribution is -2.01. The molecule has 0 aliphatic heterocycles. The maximum atomic E-state index is 10.9. The van der Waals surface area contributed by atoms with E-state index in [1.165, 1.54) is 48.7 Å². The molecule has 0 N–H and O–H groups in total. The van der Waals surface area contributed by atoms with E-state index in [-0.39, 0.29) is 0 Å². The Kier molecular flexibility index (Phi) is 10.5. The highest BCUT2D eigenvalue weighted by atomic mass is 15.0. The second-order valence-corrected chi connectivity index (χ2v) is 18.2. The minimum Gasteiger partial charge on any atom is -0.208 e. The van der Waals surface area contributed by atoms with Gasteiger partial charge in [0.1, 0.15) is 0 Å². The van der Waals surface area contributed by atoms with Crippen LogP contribution in [0.3, 0.4) is 0 Å². The Morgan fingerprint density at radius 1 is 0.236 bits per heavy atom. The van der Waals surface area contributed by atoms with E-state index in [4.69, 9.17) is 15.0 Å². The van der Waals surface area contributed by atoms with Gasteiger partial charge in [0.2, 0.25) is 0 Å². The van der Waals surface area contributed by atoms with Crippen molar-refractivity contribution in [2.45, 2.75) is 0 Å². The van der Waals surface area contributed by atoms with Gasteiger partial charge in [0.15, 0.2) is 17.5 Å². The minimum atomic E-state index is 0.561. The van der Waals surface area contributed by atoms with Gasteiger partial charge in [-0.1, -0.05) is 237 Å². The number of fused-ring (bicyclic) bond motifs is 7. The predicted octanol–water partition coefficient (Wildman–Crippen LogP) is 17.7. The van der Waals surface area contributed by atoms with Crippen molar-refractivity contribution >= 4 is 43.1 Å². The molecule has 334 valence electrons. The number of benzene rings is 12. The van der Waals surface area contributed by atoms with E-state index in [2.05, 4.69) is 200 Å². The third-order valence-electron chi connectivity index (χ3n) is 14.0. The zero-order valence-corrected chi connectivity index (χ0v) is 39.0. The van der Waals surface area contributed by atoms with Crippen LogP contribution in [0, 0.1) is 11.3 Å². The highest BCUT2D eigenvalue weighted by molar-refractivity contribution is 6.25. The predicted molar refractivity (Wildman–Crippen MR) is 298 cm³/mol. The summed E-state index contributed by atoms with van der Waals surface area (Å²) in [5.41, 5.74) is 13.5. The maximum Gasteiger partial charge on any atom is 0.164 e. The third-order valence-corrected chi connectivity index (χ3v) is 14.0. The Bertz CT molecular complexity index is 4240. The molecular formula is C68H42N4. The molecule has 1 heterocycles. The fraction of sp³-hybridized carbons (Fsp3) is 0. The van der Waals surface area contributed by atoms with E-state index in [1.54, 1.807) is 0 Å². The van der Waals surface area contributed by atoms with Gasteiger partial charge in [-0.25, -0.2) is 15.0 Å². The maximum absolute atomic E-state index is 10.9. The molecule has 0 saturated carbocycles. The molecule has 0 spiro atoms. The molecule has 13 rings (SSSR count). The van der Waals surface area contributed by atoms with Gasteiger partial charge in [-0.05, 0) is 111 Å². The van der Waals surface area contributed by atoms with Crippen LogP contribution in [-0.2, 0) is 0 Å². The van der Waals surface area contributed by atoms with Gasteiger partial charge >= 0.3 is 0 Å². The van der Waals surface area contributed by atoms with E-state index in [1.807, 2.05) is 60.7 Å². The fourth-order valence-electron chi connectivity index (χ4n) is 10.5. The van der Waals surface area contributed by atoms with E-state index in [9.17, 15) is 5.26 Å². The standard InChI is InChI=1S/C68H42N4/c69-43-52-41-50(48-20-14-21-49(40-48)51-37-39-63-60-27-9-8-25-58(60)59-26-10-11-29-62(59)65(63)42-51)36-38-55(52)56-23-6-7-24-57(56)61-28-12-13-30-64(61)68-71-66(46-17-2-1-3-18-46)70-67(72-68)47-34-32-45(33-35-47)54-31-15-19-44-16-4-5-22-53(44)54/h1-42H. The number of rotatable bonds is 8. The molecular weight excluding hydrogens is 873 g/mol. The first-order chi connectivity index (χ1) is 35.6. The lowest BCUT2D eigenvalue weighted by molar-refractivity contribution is 1.07. The summed E-state index contributed by atoms with van der Waals surface area (Å²) < 4.78 is 0. The molecule has 0 atom stereocenters. The second kappa shape index (κ2) is 17.9. The van der Waals surface area contributed by atoms with Crippen molar-refractivity contribution in [3.63, 3.8) is 0 Å². The summed E-state index contributed by atoms with van der Waals surface area (Å²) in [7, 11) is 0. The molecule has 0 radical (unpaired) electrons. The SMILES string of the molecule is N#Cc1cc(-c2cccc(-c3ccc4c5ccccc5c5ccccc5c4c3)c2)ccc1-c1ccccc1-c1ccccc1-c1nc(-c2ccccc2)nc(-c2ccc(-c3cccc4ccccc34)cc2)n1. The first-order valence-electron chi connectivity index (χ1n) is 24.2. The number of nitrogens with zero attached hydrogens (tertiary/aromatic N) is 4. The quantitative estimate of drug-likeness (QED) is 0.143. The van der Waals surface area contributed by atoms with Gasteiger partial charge in [0.25, 0.3) is 0 Å². The zero-order valence-electron chi connectivity index (χ0n) is 39.0. The molecule has 4 heteroatoms. The van der Waals surface area contributed by atoms with Crippen LogP contribution in [0.2, 0.25) is 0 Å². The van der Waals surface area contributed by atoms with Gasteiger partial charge < -0.3 is 0 Å². The Morgan fingerprint density at radius 2 is 0.639 bits per heavy atom. The fourth-order valence-corrected chi connectivity index (χ4v) is 10.5. The van der Waals surface area contributed by atoms with Crippen molar-refractivity contribution in [3.05, 3.63) is 260 Å². The van der Waals surface area contributed by atoms with E-state index < -0.39 is 0 Å². The minimum absolute atomic E-state index is 0.561. The summed E-state index contributed by atoms with van der Waals surface area (Å²) >= 11 is 0. The topological polar surface area (TPSA) is 62.5 Å². The highest BCUT2D eigenvalue weighted by Gasteiger charge is 2.20. The van der Waals surface area contributed by atoms with Crippen molar-refractivity contribution in [2.75, 3.05) is 0 Å². The second-order valence-electron chi connectivity index (χ2n) is 18.2. The van der Waals surface area contributed by atoms with Crippen molar-refractivity contribution < 1.29 is 0 Å². The average molecular weight is 915 g/mol. The molecule has 12 aromatic carbocycles. The number of hydrogen-bond donors (Lipinski definition) is 0. The summed E-state index contributed by atoms with van der Waals surface area (Å²) in [4.78, 5) is 15.4. The number of hydrogen-bond acceptors (Lipinski definition) is 4. The van der Waals surface area contributed by atoms with Gasteiger partial charge in [-0.2, -0.15) is 5.26 Å². The van der Waals surface area contributed by atoms with Crippen LogP contribution < -0.4 is 0 Å². The lowest BCUT2D eigenvalue weighted by Gasteiger charge is -2.16. The summed E-state index contributed by atoms with van der Waals surface area (Å²) in [6.07, 6.45) is 0. The summed E-state index contributed by atoms with van der Waals surface area (Å²) in [6.45, 7) is 0. The Morgan fingerprint density at radius 3 is 1.31 bits per heavy atom. The Balaban J connectivity index is 0.871. The van der Waals surface area contributed by atoms with Crippen LogP contribution in [0.15, 0.2) is 255 Å². The molecule has 72 heavy (non-hydrogen) atoms. The van der Waals surface area contributed by atoms with E-state index >= 15 is 0 Å². The molecule has 4 nitrogen and oxygen atoms in total. The lowest BCUT2D eigenvalue weighted by atomic mass is 9.88. The molecule has 0 aliphatic rings. The third kappa shape index (κ3) is 7.54. The molecule has 1 aromatic heterocycles. The molecule has 0 bridgehead atoms. The van der Waals surface area contributed by atoms with Crippen molar-refractivity contribution in [2.24, 2.45) is 0 Å². The van der Waals surface area contributed by atoms with Gasteiger partial charge in [0.05, 0.1) is 11.6 Å². The van der Waals surface area contributed by atoms with Crippen LogP contribution in [0.1, 0.15) is 5.56 Å². The van der Waals surface area contributed by atoms with Crippen LogP contribution in [0.5, 0.6) is 0 Å². The van der Waals surface area contributed by atoms with Crippen LogP contribution in [-0.4, -0.2) is 15.0 Å². The van der Waals surface area contributed by atoms with Gasteiger partial charge in [0, 0.05) is 22.3 Å². The first kappa shape index (κ1) is 42.3. The highest BCUT2D eigenvalue weighted by Crippen LogP contribution is 2.42. The van der Waals surface area contributed by atoms with Crippen LogP contribution >= 0.6 is 0 Å². The molecule has 0 aliphatic carbocycles.